The van der Waals surface area contributed by atoms with E-state index in [0.29, 0.717) is 18.8 Å². The van der Waals surface area contributed by atoms with E-state index in [9.17, 15) is 5.11 Å². The molecule has 15 heavy (non-hydrogen) atoms. The molecule has 0 bridgehead atoms. The fraction of sp³-hybridized carbons (Fsp3) is 1.00. The molecule has 2 aliphatic rings. The molecule has 2 aliphatic heterocycles. The van der Waals surface area contributed by atoms with Crippen LogP contribution in [0.4, 0.5) is 0 Å². The Kier molecular flexibility index (Phi) is 4.42. The van der Waals surface area contributed by atoms with Gasteiger partial charge in [0.05, 0.1) is 12.7 Å². The molecule has 0 aliphatic carbocycles. The van der Waals surface area contributed by atoms with E-state index in [-0.39, 0.29) is 0 Å². The summed E-state index contributed by atoms with van der Waals surface area (Å²) < 4.78 is 5.67. The van der Waals surface area contributed by atoms with Crippen molar-refractivity contribution in [1.29, 1.82) is 0 Å². The standard InChI is InChI=1S/C12H23NO2/c14-10-11-5-2-1-3-7-13(11)9-12-6-4-8-15-12/h11-12,14H,1-10H2. The van der Waals surface area contributed by atoms with Crippen molar-refractivity contribution in [3.63, 3.8) is 0 Å². The third-order valence-electron chi connectivity index (χ3n) is 3.67. The average molecular weight is 213 g/mol. The molecular formula is C12H23NO2. The molecule has 0 radical (unpaired) electrons. The molecule has 2 heterocycles. The Hall–Kier alpha value is -0.120. The second kappa shape index (κ2) is 5.83. The van der Waals surface area contributed by atoms with Crippen LogP contribution in [0.1, 0.15) is 38.5 Å². The van der Waals surface area contributed by atoms with Crippen LogP contribution in [-0.4, -0.2) is 48.5 Å². The van der Waals surface area contributed by atoms with Crippen molar-refractivity contribution in [3.05, 3.63) is 0 Å². The van der Waals surface area contributed by atoms with Crippen LogP contribution >= 0.6 is 0 Å². The van der Waals surface area contributed by atoms with Gasteiger partial charge in [-0.25, -0.2) is 0 Å². The summed E-state index contributed by atoms with van der Waals surface area (Å²) in [6.45, 7) is 3.42. The molecule has 2 unspecified atom stereocenters. The Morgan fingerprint density at radius 2 is 2.07 bits per heavy atom. The van der Waals surface area contributed by atoms with Gasteiger partial charge in [0.25, 0.3) is 0 Å². The van der Waals surface area contributed by atoms with Gasteiger partial charge in [-0.05, 0) is 32.2 Å². The molecule has 2 rings (SSSR count). The minimum atomic E-state index is 0.312. The first-order valence-electron chi connectivity index (χ1n) is 6.36. The largest absolute Gasteiger partial charge is 0.395 e. The number of nitrogens with zero attached hydrogens (tertiary/aromatic N) is 1. The third kappa shape index (κ3) is 3.16. The molecule has 1 N–H and O–H groups in total. The number of ether oxygens (including phenoxy) is 1. The Balaban J connectivity index is 1.85. The number of aliphatic hydroxyl groups excluding tert-OH is 1. The number of likely N-dealkylation sites (tertiary alicyclic amines) is 1. The summed E-state index contributed by atoms with van der Waals surface area (Å²) in [5.41, 5.74) is 0. The molecular weight excluding hydrogens is 190 g/mol. The highest BCUT2D eigenvalue weighted by molar-refractivity contribution is 4.78. The van der Waals surface area contributed by atoms with Crippen molar-refractivity contribution in [2.45, 2.75) is 50.7 Å². The second-order valence-corrected chi connectivity index (χ2v) is 4.82. The Morgan fingerprint density at radius 1 is 1.13 bits per heavy atom. The quantitative estimate of drug-likeness (QED) is 0.769. The first-order chi connectivity index (χ1) is 7.40. The van der Waals surface area contributed by atoms with Gasteiger partial charge >= 0.3 is 0 Å². The van der Waals surface area contributed by atoms with Gasteiger partial charge in [0.15, 0.2) is 0 Å². The summed E-state index contributed by atoms with van der Waals surface area (Å²) in [5, 5.41) is 9.38. The molecule has 0 spiro atoms. The molecule has 0 aromatic carbocycles. The Bertz CT molecular complexity index is 180. The van der Waals surface area contributed by atoms with Gasteiger partial charge in [-0.2, -0.15) is 0 Å². The lowest BCUT2D eigenvalue weighted by atomic mass is 10.1. The van der Waals surface area contributed by atoms with E-state index in [4.69, 9.17) is 4.74 Å². The van der Waals surface area contributed by atoms with E-state index in [0.717, 1.165) is 26.1 Å². The smallest absolute Gasteiger partial charge is 0.0702 e. The van der Waals surface area contributed by atoms with Gasteiger partial charge in [-0.15, -0.1) is 0 Å². The monoisotopic (exact) mass is 213 g/mol. The van der Waals surface area contributed by atoms with Gasteiger partial charge in [0, 0.05) is 19.2 Å². The molecule has 2 saturated heterocycles. The second-order valence-electron chi connectivity index (χ2n) is 4.82. The molecule has 0 aromatic rings. The predicted octanol–water partition coefficient (Wildman–Crippen LogP) is 1.40. The van der Waals surface area contributed by atoms with E-state index in [1.165, 1.54) is 32.1 Å². The third-order valence-corrected chi connectivity index (χ3v) is 3.67. The first-order valence-corrected chi connectivity index (χ1v) is 6.36. The predicted molar refractivity (Wildman–Crippen MR) is 59.9 cm³/mol. The van der Waals surface area contributed by atoms with E-state index >= 15 is 0 Å². The highest BCUT2D eigenvalue weighted by atomic mass is 16.5. The maximum Gasteiger partial charge on any atom is 0.0702 e. The zero-order valence-corrected chi connectivity index (χ0v) is 9.53. The van der Waals surface area contributed by atoms with Gasteiger partial charge in [0.2, 0.25) is 0 Å². The Labute approximate surface area is 92.4 Å². The molecule has 2 atom stereocenters. The molecule has 0 aromatic heterocycles. The molecule has 0 amide bonds. The summed E-state index contributed by atoms with van der Waals surface area (Å²) in [7, 11) is 0. The minimum absolute atomic E-state index is 0.312. The number of hydrogen-bond acceptors (Lipinski definition) is 3. The van der Waals surface area contributed by atoms with E-state index in [2.05, 4.69) is 4.90 Å². The van der Waals surface area contributed by atoms with Gasteiger partial charge in [-0.3, -0.25) is 4.90 Å². The van der Waals surface area contributed by atoms with Crippen LogP contribution in [0, 0.1) is 0 Å². The number of aliphatic hydroxyl groups is 1. The van der Waals surface area contributed by atoms with Crippen LogP contribution in [0.15, 0.2) is 0 Å². The molecule has 88 valence electrons. The van der Waals surface area contributed by atoms with Crippen LogP contribution in [0.5, 0.6) is 0 Å². The molecule has 3 heteroatoms. The van der Waals surface area contributed by atoms with Gasteiger partial charge in [0.1, 0.15) is 0 Å². The summed E-state index contributed by atoms with van der Waals surface area (Å²) in [6, 6.07) is 0.386. The fourth-order valence-corrected chi connectivity index (χ4v) is 2.73. The minimum Gasteiger partial charge on any atom is -0.395 e. The van der Waals surface area contributed by atoms with Gasteiger partial charge < -0.3 is 9.84 Å². The summed E-state index contributed by atoms with van der Waals surface area (Å²) in [4.78, 5) is 2.45. The topological polar surface area (TPSA) is 32.7 Å². The maximum absolute atomic E-state index is 9.38. The Morgan fingerprint density at radius 3 is 2.80 bits per heavy atom. The maximum atomic E-state index is 9.38. The zero-order valence-electron chi connectivity index (χ0n) is 9.53. The van der Waals surface area contributed by atoms with E-state index in [1.54, 1.807) is 0 Å². The van der Waals surface area contributed by atoms with Crippen LogP contribution < -0.4 is 0 Å². The lowest BCUT2D eigenvalue weighted by Gasteiger charge is -2.30. The lowest BCUT2D eigenvalue weighted by Crippen LogP contribution is -2.42. The summed E-state index contributed by atoms with van der Waals surface area (Å²) >= 11 is 0. The molecule has 0 saturated carbocycles. The van der Waals surface area contributed by atoms with Crippen LogP contribution in [0.3, 0.4) is 0 Å². The summed E-state index contributed by atoms with van der Waals surface area (Å²) in [5.74, 6) is 0. The number of hydrogen-bond donors (Lipinski definition) is 1. The number of rotatable bonds is 3. The SMILES string of the molecule is OCC1CCCCCN1CC1CCCO1. The molecule has 2 fully saturated rings. The first kappa shape index (κ1) is 11.4. The fourth-order valence-electron chi connectivity index (χ4n) is 2.73. The van der Waals surface area contributed by atoms with Crippen molar-refractivity contribution >= 4 is 0 Å². The van der Waals surface area contributed by atoms with Crippen molar-refractivity contribution in [2.24, 2.45) is 0 Å². The van der Waals surface area contributed by atoms with Gasteiger partial charge in [-0.1, -0.05) is 12.8 Å². The van der Waals surface area contributed by atoms with Crippen LogP contribution in [-0.2, 0) is 4.74 Å². The van der Waals surface area contributed by atoms with Crippen molar-refractivity contribution < 1.29 is 9.84 Å². The van der Waals surface area contributed by atoms with E-state index < -0.39 is 0 Å². The molecule has 3 nitrogen and oxygen atoms in total. The summed E-state index contributed by atoms with van der Waals surface area (Å²) in [6.07, 6.45) is 7.87. The zero-order chi connectivity index (χ0) is 10.5. The van der Waals surface area contributed by atoms with E-state index in [1.807, 2.05) is 0 Å². The van der Waals surface area contributed by atoms with Crippen molar-refractivity contribution in [1.82, 2.24) is 4.90 Å². The average Bonchev–Trinajstić information content (AvgIpc) is 2.64. The van der Waals surface area contributed by atoms with Crippen LogP contribution in [0.25, 0.3) is 0 Å². The van der Waals surface area contributed by atoms with Crippen molar-refractivity contribution in [3.8, 4) is 0 Å². The highest BCUT2D eigenvalue weighted by Gasteiger charge is 2.25. The lowest BCUT2D eigenvalue weighted by molar-refractivity contribution is 0.0433. The normalized spacial score (nSPS) is 34.2. The highest BCUT2D eigenvalue weighted by Crippen LogP contribution is 2.20. The van der Waals surface area contributed by atoms with Crippen molar-refractivity contribution in [2.75, 3.05) is 26.3 Å². The van der Waals surface area contributed by atoms with Crippen LogP contribution in [0.2, 0.25) is 0 Å².